The maximum absolute atomic E-state index is 4.60. The predicted molar refractivity (Wildman–Crippen MR) is 79.9 cm³/mol. The summed E-state index contributed by atoms with van der Waals surface area (Å²) in [6, 6.07) is 2.25. The quantitative estimate of drug-likeness (QED) is 0.706. The Hall–Kier alpha value is -1.68. The summed E-state index contributed by atoms with van der Waals surface area (Å²) in [6.07, 6.45) is 5.24. The number of imidazole rings is 1. The predicted octanol–water partition coefficient (Wildman–Crippen LogP) is 3.95. The molecule has 0 radical (unpaired) electrons. The number of nitrogens with zero attached hydrogens (tertiary/aromatic N) is 3. The van der Waals surface area contributed by atoms with Crippen LogP contribution in [0, 0.1) is 20.8 Å². The Morgan fingerprint density at radius 1 is 1.16 bits per heavy atom. The van der Waals surface area contributed by atoms with Crippen LogP contribution in [0.1, 0.15) is 28.9 Å². The van der Waals surface area contributed by atoms with E-state index in [-0.39, 0.29) is 0 Å². The van der Waals surface area contributed by atoms with E-state index >= 15 is 0 Å². The van der Waals surface area contributed by atoms with E-state index in [1.165, 1.54) is 16.0 Å². The Labute approximate surface area is 117 Å². The number of rotatable bonds is 2. The van der Waals surface area contributed by atoms with Crippen LogP contribution in [0.5, 0.6) is 0 Å². The maximum Gasteiger partial charge on any atom is 0.140 e. The van der Waals surface area contributed by atoms with Gasteiger partial charge in [0.05, 0.1) is 21.3 Å². The third kappa shape index (κ3) is 2.06. The normalized spacial score (nSPS) is 11.4. The number of hydrogen-bond donors (Lipinski definition) is 0. The molecule has 0 saturated heterocycles. The van der Waals surface area contributed by atoms with Crippen LogP contribution in [-0.2, 0) is 6.42 Å². The van der Waals surface area contributed by atoms with Crippen molar-refractivity contribution in [1.29, 1.82) is 0 Å². The van der Waals surface area contributed by atoms with Crippen LogP contribution >= 0.6 is 11.3 Å². The minimum atomic E-state index is 0.991. The van der Waals surface area contributed by atoms with E-state index in [4.69, 9.17) is 0 Å². The molecule has 0 aliphatic rings. The van der Waals surface area contributed by atoms with Crippen molar-refractivity contribution in [2.45, 2.75) is 34.1 Å². The number of fused-ring (bicyclic) bond motifs is 1. The molecular formula is C15H17N3S. The largest absolute Gasteiger partial charge is 0.306 e. The Morgan fingerprint density at radius 3 is 2.58 bits per heavy atom. The Bertz CT molecular complexity index is 752. The van der Waals surface area contributed by atoms with E-state index in [0.717, 1.165) is 28.5 Å². The second-order valence-electron chi connectivity index (χ2n) is 4.87. The lowest BCUT2D eigenvalue weighted by Crippen LogP contribution is -1.92. The van der Waals surface area contributed by atoms with Crippen molar-refractivity contribution in [1.82, 2.24) is 14.4 Å². The minimum absolute atomic E-state index is 0.991. The fraction of sp³-hybridized carbons (Fsp3) is 0.333. The molecule has 0 aromatic carbocycles. The smallest absolute Gasteiger partial charge is 0.140 e. The highest BCUT2D eigenvalue weighted by Gasteiger charge is 2.11. The van der Waals surface area contributed by atoms with Gasteiger partial charge in [-0.15, -0.1) is 11.3 Å². The van der Waals surface area contributed by atoms with Crippen LogP contribution in [-0.4, -0.2) is 14.4 Å². The summed E-state index contributed by atoms with van der Waals surface area (Å²) in [5, 5.41) is 1.12. The molecule has 0 unspecified atom stereocenters. The molecule has 3 rings (SSSR count). The summed E-state index contributed by atoms with van der Waals surface area (Å²) in [7, 11) is 0. The average molecular weight is 271 g/mol. The Morgan fingerprint density at radius 2 is 1.95 bits per heavy atom. The van der Waals surface area contributed by atoms with Crippen LogP contribution < -0.4 is 0 Å². The fourth-order valence-corrected chi connectivity index (χ4v) is 3.38. The molecule has 3 heterocycles. The van der Waals surface area contributed by atoms with Crippen molar-refractivity contribution >= 4 is 17.0 Å². The van der Waals surface area contributed by atoms with Gasteiger partial charge in [0.1, 0.15) is 5.65 Å². The van der Waals surface area contributed by atoms with E-state index in [9.17, 15) is 0 Å². The van der Waals surface area contributed by atoms with Gasteiger partial charge in [-0.3, -0.25) is 0 Å². The number of aromatic nitrogens is 3. The lowest BCUT2D eigenvalue weighted by atomic mass is 10.1. The van der Waals surface area contributed by atoms with Crippen molar-refractivity contribution in [3.63, 3.8) is 0 Å². The molecule has 3 aromatic heterocycles. The standard InChI is InChI=1S/C15H17N3S/c1-5-12-6-13(14-10(3)17-11(4)19-14)8-18-7-9(2)16-15(12)18/h6-8H,5H2,1-4H3. The molecule has 3 aromatic rings. The second-order valence-corrected chi connectivity index (χ2v) is 6.07. The van der Waals surface area contributed by atoms with E-state index in [1.54, 1.807) is 11.3 Å². The summed E-state index contributed by atoms with van der Waals surface area (Å²) >= 11 is 1.76. The van der Waals surface area contributed by atoms with Crippen molar-refractivity contribution in [3.05, 3.63) is 40.4 Å². The third-order valence-corrected chi connectivity index (χ3v) is 4.42. The molecule has 98 valence electrons. The van der Waals surface area contributed by atoms with E-state index < -0.39 is 0 Å². The van der Waals surface area contributed by atoms with Gasteiger partial charge in [0.15, 0.2) is 0 Å². The zero-order valence-electron chi connectivity index (χ0n) is 11.7. The fourth-order valence-electron chi connectivity index (χ4n) is 2.47. The van der Waals surface area contributed by atoms with Crippen molar-refractivity contribution in [3.8, 4) is 10.4 Å². The lowest BCUT2D eigenvalue weighted by molar-refractivity contribution is 1.09. The molecule has 0 aliphatic carbocycles. The van der Waals surface area contributed by atoms with E-state index in [0.29, 0.717) is 0 Å². The molecule has 0 aliphatic heterocycles. The van der Waals surface area contributed by atoms with Crippen molar-refractivity contribution < 1.29 is 0 Å². The maximum atomic E-state index is 4.60. The highest BCUT2D eigenvalue weighted by molar-refractivity contribution is 7.15. The van der Waals surface area contributed by atoms with Gasteiger partial charge in [-0.1, -0.05) is 6.92 Å². The molecule has 0 fully saturated rings. The molecule has 0 amide bonds. The Kier molecular flexibility index (Phi) is 2.90. The van der Waals surface area contributed by atoms with Gasteiger partial charge in [0.25, 0.3) is 0 Å². The first-order valence-corrected chi connectivity index (χ1v) is 7.32. The van der Waals surface area contributed by atoms with Gasteiger partial charge in [-0.25, -0.2) is 9.97 Å². The molecule has 0 N–H and O–H groups in total. The number of thiazole rings is 1. The van der Waals surface area contributed by atoms with Crippen LogP contribution in [0.15, 0.2) is 18.5 Å². The summed E-state index contributed by atoms with van der Waals surface area (Å²) < 4.78 is 2.14. The highest BCUT2D eigenvalue weighted by atomic mass is 32.1. The van der Waals surface area contributed by atoms with Crippen LogP contribution in [0.3, 0.4) is 0 Å². The highest BCUT2D eigenvalue weighted by Crippen LogP contribution is 2.31. The number of aryl methyl sites for hydroxylation is 4. The molecule has 4 heteroatoms. The summed E-state index contributed by atoms with van der Waals surface area (Å²) in [5.74, 6) is 0. The van der Waals surface area contributed by atoms with Crippen molar-refractivity contribution in [2.24, 2.45) is 0 Å². The average Bonchev–Trinajstić information content (AvgIpc) is 2.89. The zero-order chi connectivity index (χ0) is 13.6. The van der Waals surface area contributed by atoms with Gasteiger partial charge in [0, 0.05) is 18.0 Å². The van der Waals surface area contributed by atoms with Gasteiger partial charge in [-0.05, 0) is 38.8 Å². The summed E-state index contributed by atoms with van der Waals surface area (Å²) in [6.45, 7) is 8.34. The zero-order valence-corrected chi connectivity index (χ0v) is 12.5. The lowest BCUT2D eigenvalue weighted by Gasteiger charge is -2.05. The first-order valence-electron chi connectivity index (χ1n) is 6.51. The minimum Gasteiger partial charge on any atom is -0.306 e. The van der Waals surface area contributed by atoms with Crippen LogP contribution in [0.25, 0.3) is 16.1 Å². The molecule has 0 bridgehead atoms. The summed E-state index contributed by atoms with van der Waals surface area (Å²) in [5.41, 5.74) is 5.77. The Balaban J connectivity index is 2.27. The molecule has 0 spiro atoms. The number of hydrogen-bond acceptors (Lipinski definition) is 3. The monoisotopic (exact) mass is 271 g/mol. The van der Waals surface area contributed by atoms with Gasteiger partial charge in [-0.2, -0.15) is 0 Å². The number of pyridine rings is 1. The van der Waals surface area contributed by atoms with Gasteiger partial charge >= 0.3 is 0 Å². The van der Waals surface area contributed by atoms with Crippen molar-refractivity contribution in [2.75, 3.05) is 0 Å². The molecule has 0 saturated carbocycles. The van der Waals surface area contributed by atoms with E-state index in [1.807, 2.05) is 6.92 Å². The van der Waals surface area contributed by atoms with Gasteiger partial charge in [0.2, 0.25) is 0 Å². The van der Waals surface area contributed by atoms with Gasteiger partial charge < -0.3 is 4.40 Å². The molecular weight excluding hydrogens is 254 g/mol. The molecule has 19 heavy (non-hydrogen) atoms. The van der Waals surface area contributed by atoms with Crippen LogP contribution in [0.2, 0.25) is 0 Å². The summed E-state index contributed by atoms with van der Waals surface area (Å²) in [4.78, 5) is 10.4. The second kappa shape index (κ2) is 4.46. The first-order chi connectivity index (χ1) is 9.08. The molecule has 3 nitrogen and oxygen atoms in total. The van der Waals surface area contributed by atoms with Crippen LogP contribution in [0.4, 0.5) is 0 Å². The first kappa shape index (κ1) is 12.4. The molecule has 0 atom stereocenters. The topological polar surface area (TPSA) is 30.2 Å². The SMILES string of the molecule is CCc1cc(-c2sc(C)nc2C)cn2cc(C)nc12. The van der Waals surface area contributed by atoms with E-state index in [2.05, 4.69) is 53.6 Å². The third-order valence-electron chi connectivity index (χ3n) is 3.29.